The first kappa shape index (κ1) is 9.66. The Morgan fingerprint density at radius 2 is 2.10 bits per heavy atom. The van der Waals surface area contributed by atoms with Crippen molar-refractivity contribution in [1.29, 1.82) is 0 Å². The van der Waals surface area contributed by atoms with Crippen LogP contribution in [0.5, 0.6) is 0 Å². The Morgan fingerprint density at radius 3 is 2.50 bits per heavy atom. The first-order valence-corrected chi connectivity index (χ1v) is 3.71. The van der Waals surface area contributed by atoms with E-state index in [1.165, 1.54) is 0 Å². The third kappa shape index (κ3) is 5.79. The quantitative estimate of drug-likeness (QED) is 0.574. The molecular weight excluding hydrogens is 126 g/mol. The second-order valence-electron chi connectivity index (χ2n) is 2.66. The maximum atomic E-state index is 9.15. The van der Waals surface area contributed by atoms with Crippen LogP contribution in [0.25, 0.3) is 0 Å². The van der Waals surface area contributed by atoms with Crippen molar-refractivity contribution in [3.63, 3.8) is 0 Å². The van der Waals surface area contributed by atoms with E-state index in [9.17, 15) is 0 Å². The van der Waals surface area contributed by atoms with E-state index in [1.807, 2.05) is 13.0 Å². The maximum absolute atomic E-state index is 9.15. The second kappa shape index (κ2) is 5.45. The van der Waals surface area contributed by atoms with Gasteiger partial charge in [0.2, 0.25) is 0 Å². The summed E-state index contributed by atoms with van der Waals surface area (Å²) in [7, 11) is 0. The van der Waals surface area contributed by atoms with Crippen LogP contribution in [0.4, 0.5) is 0 Å². The van der Waals surface area contributed by atoms with Crippen LogP contribution in [0.1, 0.15) is 20.8 Å². The second-order valence-corrected chi connectivity index (χ2v) is 2.66. The standard InChI is InChI=1S/C8H17NO/c1-4-5-8(10)6-9-7(2)3/h4-5,7-10H,6H2,1-3H3. The highest BCUT2D eigenvalue weighted by molar-refractivity contribution is 4.86. The molecule has 2 nitrogen and oxygen atoms in total. The van der Waals surface area contributed by atoms with E-state index in [0.717, 1.165) is 0 Å². The minimum atomic E-state index is -0.340. The Morgan fingerprint density at radius 1 is 1.50 bits per heavy atom. The Bertz CT molecular complexity index is 99.4. The van der Waals surface area contributed by atoms with Gasteiger partial charge in [-0.2, -0.15) is 0 Å². The van der Waals surface area contributed by atoms with E-state index in [-0.39, 0.29) is 6.10 Å². The Balaban J connectivity index is 3.30. The minimum absolute atomic E-state index is 0.340. The van der Waals surface area contributed by atoms with Crippen molar-refractivity contribution in [2.45, 2.75) is 32.9 Å². The summed E-state index contributed by atoms with van der Waals surface area (Å²) in [5.74, 6) is 0. The fraction of sp³-hybridized carbons (Fsp3) is 0.750. The summed E-state index contributed by atoms with van der Waals surface area (Å²) in [5, 5.41) is 12.3. The molecule has 0 aromatic carbocycles. The molecule has 0 aliphatic rings. The highest BCUT2D eigenvalue weighted by Gasteiger charge is 1.97. The molecule has 2 N–H and O–H groups in total. The number of hydrogen-bond acceptors (Lipinski definition) is 2. The van der Waals surface area contributed by atoms with Gasteiger partial charge in [0.25, 0.3) is 0 Å². The highest BCUT2D eigenvalue weighted by Crippen LogP contribution is 1.84. The van der Waals surface area contributed by atoms with Gasteiger partial charge in [-0.15, -0.1) is 0 Å². The summed E-state index contributed by atoms with van der Waals surface area (Å²) >= 11 is 0. The van der Waals surface area contributed by atoms with Gasteiger partial charge < -0.3 is 10.4 Å². The smallest absolute Gasteiger partial charge is 0.0845 e. The fourth-order valence-corrected chi connectivity index (χ4v) is 0.647. The van der Waals surface area contributed by atoms with Crippen LogP contribution in [-0.2, 0) is 0 Å². The summed E-state index contributed by atoms with van der Waals surface area (Å²) in [6.07, 6.45) is 3.29. The average Bonchev–Trinajstić information content (AvgIpc) is 1.85. The Kier molecular flexibility index (Phi) is 5.26. The van der Waals surface area contributed by atoms with E-state index in [1.54, 1.807) is 6.08 Å². The van der Waals surface area contributed by atoms with Gasteiger partial charge in [-0.3, -0.25) is 0 Å². The van der Waals surface area contributed by atoms with Gasteiger partial charge in [0.1, 0.15) is 0 Å². The van der Waals surface area contributed by atoms with Crippen molar-refractivity contribution in [2.75, 3.05) is 6.54 Å². The number of aliphatic hydroxyl groups is 1. The van der Waals surface area contributed by atoms with E-state index in [2.05, 4.69) is 19.2 Å². The monoisotopic (exact) mass is 143 g/mol. The molecule has 0 fully saturated rings. The molecular formula is C8H17NO. The van der Waals surface area contributed by atoms with E-state index >= 15 is 0 Å². The topological polar surface area (TPSA) is 32.3 Å². The SMILES string of the molecule is CC=CC(O)CNC(C)C. The molecule has 1 atom stereocenters. The van der Waals surface area contributed by atoms with Crippen LogP contribution in [0.15, 0.2) is 12.2 Å². The largest absolute Gasteiger partial charge is 0.388 e. The molecule has 0 heterocycles. The van der Waals surface area contributed by atoms with Gasteiger partial charge in [0, 0.05) is 12.6 Å². The van der Waals surface area contributed by atoms with Gasteiger partial charge in [0.05, 0.1) is 6.10 Å². The van der Waals surface area contributed by atoms with Gasteiger partial charge in [-0.25, -0.2) is 0 Å². The molecule has 60 valence electrons. The predicted octanol–water partition coefficient (Wildman–Crippen LogP) is 0.921. The molecule has 0 rings (SSSR count). The zero-order valence-electron chi connectivity index (χ0n) is 6.96. The Labute approximate surface area is 62.9 Å². The molecule has 2 heteroatoms. The molecule has 0 saturated heterocycles. The van der Waals surface area contributed by atoms with E-state index in [4.69, 9.17) is 5.11 Å². The molecule has 10 heavy (non-hydrogen) atoms. The maximum Gasteiger partial charge on any atom is 0.0845 e. The number of hydrogen-bond donors (Lipinski definition) is 2. The van der Waals surface area contributed by atoms with Crippen molar-refractivity contribution < 1.29 is 5.11 Å². The predicted molar refractivity (Wildman–Crippen MR) is 44.0 cm³/mol. The lowest BCUT2D eigenvalue weighted by Gasteiger charge is -2.09. The van der Waals surface area contributed by atoms with Gasteiger partial charge in [-0.05, 0) is 6.92 Å². The number of allylic oxidation sites excluding steroid dienone is 1. The number of rotatable bonds is 4. The zero-order chi connectivity index (χ0) is 7.98. The third-order valence-electron chi connectivity index (χ3n) is 1.15. The number of aliphatic hydroxyl groups excluding tert-OH is 1. The van der Waals surface area contributed by atoms with Crippen molar-refractivity contribution >= 4 is 0 Å². The molecule has 0 radical (unpaired) electrons. The molecule has 0 aromatic heterocycles. The molecule has 0 amide bonds. The first-order chi connectivity index (χ1) is 4.66. The first-order valence-electron chi connectivity index (χ1n) is 3.71. The van der Waals surface area contributed by atoms with Crippen molar-refractivity contribution in [3.05, 3.63) is 12.2 Å². The summed E-state index contributed by atoms with van der Waals surface area (Å²) < 4.78 is 0. The normalized spacial score (nSPS) is 14.9. The van der Waals surface area contributed by atoms with Crippen LogP contribution in [0.3, 0.4) is 0 Å². The van der Waals surface area contributed by atoms with Crippen molar-refractivity contribution in [1.82, 2.24) is 5.32 Å². The van der Waals surface area contributed by atoms with Gasteiger partial charge in [0.15, 0.2) is 0 Å². The summed E-state index contributed by atoms with van der Waals surface area (Å²) in [6, 6.07) is 0.444. The highest BCUT2D eigenvalue weighted by atomic mass is 16.3. The minimum Gasteiger partial charge on any atom is -0.388 e. The van der Waals surface area contributed by atoms with E-state index in [0.29, 0.717) is 12.6 Å². The van der Waals surface area contributed by atoms with Crippen LogP contribution < -0.4 is 5.32 Å². The lowest BCUT2D eigenvalue weighted by molar-refractivity contribution is 0.215. The lowest BCUT2D eigenvalue weighted by Crippen LogP contribution is -2.30. The lowest BCUT2D eigenvalue weighted by atomic mass is 10.3. The third-order valence-corrected chi connectivity index (χ3v) is 1.15. The number of nitrogens with one attached hydrogen (secondary N) is 1. The Hall–Kier alpha value is -0.340. The van der Waals surface area contributed by atoms with Crippen LogP contribution in [0.2, 0.25) is 0 Å². The molecule has 0 bridgehead atoms. The van der Waals surface area contributed by atoms with Crippen molar-refractivity contribution in [3.8, 4) is 0 Å². The van der Waals surface area contributed by atoms with Crippen LogP contribution >= 0.6 is 0 Å². The molecule has 0 spiro atoms. The molecule has 0 saturated carbocycles. The van der Waals surface area contributed by atoms with Crippen LogP contribution in [-0.4, -0.2) is 23.8 Å². The van der Waals surface area contributed by atoms with Gasteiger partial charge >= 0.3 is 0 Å². The average molecular weight is 143 g/mol. The molecule has 0 aromatic rings. The fourth-order valence-electron chi connectivity index (χ4n) is 0.647. The summed E-state index contributed by atoms with van der Waals surface area (Å²) in [6.45, 7) is 6.66. The van der Waals surface area contributed by atoms with E-state index < -0.39 is 0 Å². The molecule has 0 aliphatic heterocycles. The molecule has 1 unspecified atom stereocenters. The van der Waals surface area contributed by atoms with Crippen molar-refractivity contribution in [2.24, 2.45) is 0 Å². The van der Waals surface area contributed by atoms with Gasteiger partial charge in [-0.1, -0.05) is 26.0 Å². The van der Waals surface area contributed by atoms with Crippen LogP contribution in [0, 0.1) is 0 Å². The zero-order valence-corrected chi connectivity index (χ0v) is 6.96. The summed E-state index contributed by atoms with van der Waals surface area (Å²) in [5.41, 5.74) is 0. The summed E-state index contributed by atoms with van der Waals surface area (Å²) in [4.78, 5) is 0. The molecule has 0 aliphatic carbocycles.